The standard InChI is InChI=1S/C31H35N3O5S/c1-7-17-39-24-15-12-21(13-16-24)28-27(30(36)38-10-4)20(5)32-31-34(28)29(35)26(40-31)18-22-11-14-23(19-25(22)37-6)33(8-2)9-3/h7,11-16,18-19,28H,1,8-10,17H2,2-6H3/b26-18-/t28-/m0/s1. The highest BCUT2D eigenvalue weighted by molar-refractivity contribution is 7.07. The smallest absolute Gasteiger partial charge is 0.338 e. The molecule has 0 amide bonds. The summed E-state index contributed by atoms with van der Waals surface area (Å²) < 4.78 is 18.8. The number of hydrogen-bond donors (Lipinski definition) is 0. The molecule has 3 aromatic rings. The minimum Gasteiger partial charge on any atom is -0.496 e. The summed E-state index contributed by atoms with van der Waals surface area (Å²) in [5.74, 6) is 0.837. The molecule has 0 saturated heterocycles. The molecule has 2 heterocycles. The fraction of sp³-hybridized carbons (Fsp3) is 0.323. The second-order valence-corrected chi connectivity index (χ2v) is 10.1. The summed E-state index contributed by atoms with van der Waals surface area (Å²) in [6.45, 7) is 13.8. The number of thiazole rings is 1. The molecule has 0 aliphatic carbocycles. The van der Waals surface area contributed by atoms with Gasteiger partial charge >= 0.3 is 5.97 Å². The van der Waals surface area contributed by atoms with Gasteiger partial charge in [-0.3, -0.25) is 9.36 Å². The van der Waals surface area contributed by atoms with Gasteiger partial charge < -0.3 is 19.1 Å². The molecule has 0 radical (unpaired) electrons. The van der Waals surface area contributed by atoms with Crippen LogP contribution < -0.4 is 29.3 Å². The number of carbonyl (C=O) groups is 1. The predicted molar refractivity (Wildman–Crippen MR) is 159 cm³/mol. The van der Waals surface area contributed by atoms with Gasteiger partial charge in [-0.2, -0.15) is 0 Å². The van der Waals surface area contributed by atoms with E-state index in [-0.39, 0.29) is 12.2 Å². The van der Waals surface area contributed by atoms with Crippen molar-refractivity contribution in [2.24, 2.45) is 4.99 Å². The summed E-state index contributed by atoms with van der Waals surface area (Å²) in [5.41, 5.74) is 3.19. The first-order valence-corrected chi connectivity index (χ1v) is 14.1. The number of anilines is 1. The van der Waals surface area contributed by atoms with Crippen molar-refractivity contribution in [1.82, 2.24) is 4.57 Å². The molecule has 0 bridgehead atoms. The quantitative estimate of drug-likeness (QED) is 0.258. The van der Waals surface area contributed by atoms with Crippen LogP contribution in [0.5, 0.6) is 11.5 Å². The zero-order valence-electron chi connectivity index (χ0n) is 23.6. The van der Waals surface area contributed by atoms with Crippen LogP contribution in [0.15, 0.2) is 76.2 Å². The van der Waals surface area contributed by atoms with Gasteiger partial charge in [-0.1, -0.05) is 36.1 Å². The first-order valence-electron chi connectivity index (χ1n) is 13.3. The molecule has 1 aromatic heterocycles. The molecule has 1 atom stereocenters. The molecule has 1 aliphatic heterocycles. The van der Waals surface area contributed by atoms with Gasteiger partial charge in [-0.25, -0.2) is 9.79 Å². The molecule has 9 heteroatoms. The Morgan fingerprint density at radius 2 is 1.88 bits per heavy atom. The Morgan fingerprint density at radius 3 is 2.50 bits per heavy atom. The van der Waals surface area contributed by atoms with Gasteiger partial charge in [0.1, 0.15) is 18.1 Å². The lowest BCUT2D eigenvalue weighted by atomic mass is 9.96. The highest BCUT2D eigenvalue weighted by Gasteiger charge is 2.33. The second-order valence-electron chi connectivity index (χ2n) is 9.07. The van der Waals surface area contributed by atoms with E-state index in [1.54, 1.807) is 31.6 Å². The maximum absolute atomic E-state index is 13.9. The third-order valence-electron chi connectivity index (χ3n) is 6.71. The lowest BCUT2D eigenvalue weighted by molar-refractivity contribution is -0.139. The van der Waals surface area contributed by atoms with Gasteiger partial charge in [-0.05, 0) is 63.6 Å². The number of nitrogens with zero attached hydrogens (tertiary/aromatic N) is 3. The van der Waals surface area contributed by atoms with Crippen molar-refractivity contribution in [2.75, 3.05) is 38.3 Å². The number of methoxy groups -OCH3 is 1. The average molecular weight is 562 g/mol. The van der Waals surface area contributed by atoms with Crippen molar-refractivity contribution in [3.05, 3.63) is 97.2 Å². The van der Waals surface area contributed by atoms with Gasteiger partial charge in [0.05, 0.1) is 35.6 Å². The van der Waals surface area contributed by atoms with Crippen LogP contribution in [0.4, 0.5) is 5.69 Å². The van der Waals surface area contributed by atoms with Crippen molar-refractivity contribution in [3.8, 4) is 11.5 Å². The molecule has 210 valence electrons. The molecular weight excluding hydrogens is 526 g/mol. The Balaban J connectivity index is 1.87. The van der Waals surface area contributed by atoms with Crippen LogP contribution in [0.2, 0.25) is 0 Å². The van der Waals surface area contributed by atoms with Crippen LogP contribution in [0.1, 0.15) is 44.9 Å². The van der Waals surface area contributed by atoms with Crippen LogP contribution in [-0.4, -0.2) is 43.9 Å². The largest absolute Gasteiger partial charge is 0.496 e. The van der Waals surface area contributed by atoms with Crippen LogP contribution in [0.3, 0.4) is 0 Å². The number of rotatable bonds is 11. The van der Waals surface area contributed by atoms with Gasteiger partial charge in [0.2, 0.25) is 0 Å². The summed E-state index contributed by atoms with van der Waals surface area (Å²) in [4.78, 5) is 34.5. The zero-order chi connectivity index (χ0) is 28.8. The van der Waals surface area contributed by atoms with E-state index in [0.29, 0.717) is 38.7 Å². The van der Waals surface area contributed by atoms with Crippen LogP contribution in [0.25, 0.3) is 6.08 Å². The number of benzene rings is 2. The SMILES string of the molecule is C=CCOc1ccc([C@H]2C(C(=O)OCC)=C(C)N=c3s/c(=C\c4ccc(N(CC)CC)cc4OC)c(=O)n32)cc1. The molecule has 0 N–H and O–H groups in total. The van der Waals surface area contributed by atoms with Gasteiger partial charge in [0.15, 0.2) is 4.80 Å². The summed E-state index contributed by atoms with van der Waals surface area (Å²) in [5, 5.41) is 0. The third-order valence-corrected chi connectivity index (χ3v) is 7.70. The number of allylic oxidation sites excluding steroid dienone is 1. The highest BCUT2D eigenvalue weighted by atomic mass is 32.1. The molecule has 2 aromatic carbocycles. The third kappa shape index (κ3) is 5.74. The van der Waals surface area contributed by atoms with Gasteiger partial charge in [0.25, 0.3) is 5.56 Å². The Kier molecular flexibility index (Phi) is 9.26. The monoisotopic (exact) mass is 561 g/mol. The summed E-state index contributed by atoms with van der Waals surface area (Å²) in [7, 11) is 1.62. The summed E-state index contributed by atoms with van der Waals surface area (Å²) in [6.07, 6.45) is 3.49. The summed E-state index contributed by atoms with van der Waals surface area (Å²) >= 11 is 1.28. The molecular formula is C31H35N3O5S. The first kappa shape index (κ1) is 28.9. The van der Waals surface area contributed by atoms with E-state index in [4.69, 9.17) is 14.2 Å². The van der Waals surface area contributed by atoms with Crippen molar-refractivity contribution in [2.45, 2.75) is 33.7 Å². The molecule has 0 unspecified atom stereocenters. The van der Waals surface area contributed by atoms with Crippen molar-refractivity contribution >= 4 is 29.1 Å². The Morgan fingerprint density at radius 1 is 1.15 bits per heavy atom. The van der Waals surface area contributed by atoms with Crippen molar-refractivity contribution < 1.29 is 19.0 Å². The lowest BCUT2D eigenvalue weighted by Crippen LogP contribution is -2.39. The molecule has 0 fully saturated rings. The maximum atomic E-state index is 13.9. The summed E-state index contributed by atoms with van der Waals surface area (Å²) in [6, 6.07) is 12.6. The molecule has 0 saturated carbocycles. The number of aromatic nitrogens is 1. The van der Waals surface area contributed by atoms with Crippen LogP contribution in [-0.2, 0) is 9.53 Å². The van der Waals surface area contributed by atoms with E-state index in [0.717, 1.165) is 29.9 Å². The lowest BCUT2D eigenvalue weighted by Gasteiger charge is -2.24. The van der Waals surface area contributed by atoms with Gasteiger partial charge in [-0.15, -0.1) is 0 Å². The van der Waals surface area contributed by atoms with E-state index in [9.17, 15) is 9.59 Å². The van der Waals surface area contributed by atoms with Crippen LogP contribution >= 0.6 is 11.3 Å². The first-order chi connectivity index (χ1) is 19.4. The fourth-order valence-electron chi connectivity index (χ4n) is 4.75. The fourth-order valence-corrected chi connectivity index (χ4v) is 5.79. The van der Waals surface area contributed by atoms with Gasteiger partial charge in [0, 0.05) is 30.4 Å². The number of hydrogen-bond acceptors (Lipinski definition) is 8. The Labute approximate surface area is 238 Å². The zero-order valence-corrected chi connectivity index (χ0v) is 24.4. The van der Waals surface area contributed by atoms with Crippen LogP contribution in [0, 0.1) is 0 Å². The number of carbonyl (C=O) groups excluding carboxylic acids is 1. The Bertz CT molecular complexity index is 1600. The van der Waals surface area contributed by atoms with E-state index in [1.165, 1.54) is 11.3 Å². The van der Waals surface area contributed by atoms with E-state index < -0.39 is 12.0 Å². The Hall–Kier alpha value is -4.11. The average Bonchev–Trinajstić information content (AvgIpc) is 3.26. The highest BCUT2D eigenvalue weighted by Crippen LogP contribution is 2.32. The minimum atomic E-state index is -0.696. The molecule has 1 aliphatic rings. The molecule has 0 spiro atoms. The second kappa shape index (κ2) is 12.8. The van der Waals surface area contributed by atoms with E-state index in [2.05, 4.69) is 30.3 Å². The number of fused-ring (bicyclic) bond motifs is 1. The predicted octanol–water partition coefficient (Wildman–Crippen LogP) is 4.22. The molecule has 4 rings (SSSR count). The molecule has 8 nitrogen and oxygen atoms in total. The normalized spacial score (nSPS) is 14.8. The number of ether oxygens (including phenoxy) is 3. The number of esters is 1. The minimum absolute atomic E-state index is 0.213. The topological polar surface area (TPSA) is 82.4 Å². The maximum Gasteiger partial charge on any atom is 0.338 e. The van der Waals surface area contributed by atoms with Crippen molar-refractivity contribution in [3.63, 3.8) is 0 Å². The van der Waals surface area contributed by atoms with Crippen molar-refractivity contribution in [1.29, 1.82) is 0 Å². The van der Waals surface area contributed by atoms with E-state index in [1.807, 2.05) is 48.5 Å². The van der Waals surface area contributed by atoms with E-state index >= 15 is 0 Å². The molecule has 40 heavy (non-hydrogen) atoms.